The number of hydrogen-bond acceptors (Lipinski definition) is 6. The van der Waals surface area contributed by atoms with Crippen molar-refractivity contribution in [2.24, 2.45) is 5.92 Å². The van der Waals surface area contributed by atoms with Crippen LogP contribution in [0, 0.1) is 12.8 Å². The molecule has 168 valence electrons. The minimum Gasteiger partial charge on any atom is -0.354 e. The minimum atomic E-state index is -3.61. The summed E-state index contributed by atoms with van der Waals surface area (Å²) < 4.78 is 33.7. The second kappa shape index (κ2) is 9.40. The summed E-state index contributed by atoms with van der Waals surface area (Å²) in [5.41, 5.74) is 2.24. The molecule has 7 nitrogen and oxygen atoms in total. The molecule has 1 unspecified atom stereocenters. The largest absolute Gasteiger partial charge is 0.354 e. The van der Waals surface area contributed by atoms with Gasteiger partial charge in [0.25, 0.3) is 0 Å². The van der Waals surface area contributed by atoms with Crippen LogP contribution in [0.1, 0.15) is 47.6 Å². The lowest BCUT2D eigenvalue weighted by molar-refractivity contribution is -0.117. The third kappa shape index (κ3) is 5.35. The van der Waals surface area contributed by atoms with Gasteiger partial charge in [-0.2, -0.15) is 0 Å². The highest BCUT2D eigenvalue weighted by Crippen LogP contribution is 2.32. The van der Waals surface area contributed by atoms with E-state index in [1.807, 2.05) is 37.3 Å². The second-order valence-electron chi connectivity index (χ2n) is 7.92. The SMILES string of the molecule is Cc1noc(/C=C/c2ccc(S(=O)(=O)NCC(C)c3ccccc3)s2)c1NC(=O)C1CC1. The fourth-order valence-electron chi connectivity index (χ4n) is 3.16. The van der Waals surface area contributed by atoms with Crippen molar-refractivity contribution < 1.29 is 17.7 Å². The molecule has 0 spiro atoms. The van der Waals surface area contributed by atoms with Crippen LogP contribution in [-0.4, -0.2) is 26.0 Å². The van der Waals surface area contributed by atoms with E-state index >= 15 is 0 Å². The molecule has 0 radical (unpaired) electrons. The van der Waals surface area contributed by atoms with E-state index in [1.165, 1.54) is 0 Å². The topological polar surface area (TPSA) is 101 Å². The average Bonchev–Trinajstić information content (AvgIpc) is 3.44. The number of aromatic nitrogens is 1. The Labute approximate surface area is 191 Å². The number of aryl methyl sites for hydroxylation is 1. The first-order valence-corrected chi connectivity index (χ1v) is 12.7. The van der Waals surface area contributed by atoms with Crippen LogP contribution >= 0.6 is 11.3 Å². The number of carbonyl (C=O) groups excluding carboxylic acids is 1. The molecular formula is C23H25N3O4S2. The number of carbonyl (C=O) groups is 1. The molecule has 1 aromatic carbocycles. The molecule has 1 amide bonds. The van der Waals surface area contributed by atoms with Crippen LogP contribution in [0.25, 0.3) is 12.2 Å². The number of sulfonamides is 1. The van der Waals surface area contributed by atoms with Crippen molar-refractivity contribution in [2.45, 2.75) is 36.8 Å². The number of anilines is 1. The molecule has 9 heteroatoms. The van der Waals surface area contributed by atoms with Gasteiger partial charge in [-0.1, -0.05) is 42.4 Å². The maximum absolute atomic E-state index is 12.7. The van der Waals surface area contributed by atoms with Crippen molar-refractivity contribution in [1.82, 2.24) is 9.88 Å². The van der Waals surface area contributed by atoms with Crippen LogP contribution < -0.4 is 10.0 Å². The highest BCUT2D eigenvalue weighted by Gasteiger charge is 2.30. The van der Waals surface area contributed by atoms with Crippen LogP contribution in [0.5, 0.6) is 0 Å². The molecule has 4 rings (SSSR count). The van der Waals surface area contributed by atoms with Gasteiger partial charge in [0.15, 0.2) is 5.76 Å². The molecule has 2 aromatic heterocycles. The molecule has 1 atom stereocenters. The zero-order chi connectivity index (χ0) is 22.7. The Hall–Kier alpha value is -2.75. The molecule has 32 heavy (non-hydrogen) atoms. The standard InChI is InChI=1S/C23H25N3O4S2/c1-15(17-6-4-3-5-7-17)14-24-32(28,29)21-13-11-19(31-21)10-12-20-22(16(2)26-30-20)25-23(27)18-8-9-18/h3-7,10-13,15,18,24H,8-9,14H2,1-2H3,(H,25,27)/b12-10+. The predicted octanol–water partition coefficient (Wildman–Crippen LogP) is 4.65. The van der Waals surface area contributed by atoms with Crippen molar-refractivity contribution in [3.05, 3.63) is 64.4 Å². The zero-order valence-corrected chi connectivity index (χ0v) is 19.5. The highest BCUT2D eigenvalue weighted by atomic mass is 32.2. The summed E-state index contributed by atoms with van der Waals surface area (Å²) in [5.74, 6) is 0.544. The summed E-state index contributed by atoms with van der Waals surface area (Å²) in [7, 11) is -3.61. The normalized spacial score (nSPS) is 15.2. The molecule has 0 saturated heterocycles. The molecule has 1 saturated carbocycles. The van der Waals surface area contributed by atoms with Gasteiger partial charge in [-0.25, -0.2) is 13.1 Å². The van der Waals surface area contributed by atoms with Crippen molar-refractivity contribution in [1.29, 1.82) is 0 Å². The lowest BCUT2D eigenvalue weighted by Gasteiger charge is -2.12. The minimum absolute atomic E-state index is 0.0220. The van der Waals surface area contributed by atoms with Gasteiger partial charge < -0.3 is 9.84 Å². The van der Waals surface area contributed by atoms with Crippen LogP contribution in [0.3, 0.4) is 0 Å². The van der Waals surface area contributed by atoms with Gasteiger partial charge in [0.2, 0.25) is 15.9 Å². The number of amides is 1. The van der Waals surface area contributed by atoms with E-state index in [-0.39, 0.29) is 22.0 Å². The Balaban J connectivity index is 1.41. The number of nitrogens with zero attached hydrogens (tertiary/aromatic N) is 1. The van der Waals surface area contributed by atoms with E-state index in [9.17, 15) is 13.2 Å². The summed E-state index contributed by atoms with van der Waals surface area (Å²) in [6, 6.07) is 13.1. The summed E-state index contributed by atoms with van der Waals surface area (Å²) in [6.07, 6.45) is 5.26. The number of nitrogens with one attached hydrogen (secondary N) is 2. The molecule has 0 bridgehead atoms. The van der Waals surface area contributed by atoms with Gasteiger partial charge in [-0.3, -0.25) is 4.79 Å². The Kier molecular flexibility index (Phi) is 6.59. The Bertz CT molecular complexity index is 1230. The maximum Gasteiger partial charge on any atom is 0.250 e. The first-order valence-electron chi connectivity index (χ1n) is 10.4. The van der Waals surface area contributed by atoms with Gasteiger partial charge in [0.1, 0.15) is 15.6 Å². The summed E-state index contributed by atoms with van der Waals surface area (Å²) in [6.45, 7) is 4.07. The van der Waals surface area contributed by atoms with E-state index in [0.29, 0.717) is 23.7 Å². The van der Waals surface area contributed by atoms with Crippen LogP contribution in [-0.2, 0) is 14.8 Å². The van der Waals surface area contributed by atoms with E-state index < -0.39 is 10.0 Å². The highest BCUT2D eigenvalue weighted by molar-refractivity contribution is 7.91. The molecule has 1 aliphatic rings. The van der Waals surface area contributed by atoms with Crippen LogP contribution in [0.2, 0.25) is 0 Å². The number of benzene rings is 1. The van der Waals surface area contributed by atoms with E-state index in [4.69, 9.17) is 4.52 Å². The first kappa shape index (κ1) is 22.4. The third-order valence-electron chi connectivity index (χ3n) is 5.30. The van der Waals surface area contributed by atoms with Gasteiger partial charge in [0.05, 0.1) is 0 Å². The van der Waals surface area contributed by atoms with Crippen LogP contribution in [0.15, 0.2) is 51.2 Å². The molecule has 3 aromatic rings. The second-order valence-corrected chi connectivity index (χ2v) is 11.0. The predicted molar refractivity (Wildman–Crippen MR) is 126 cm³/mol. The monoisotopic (exact) mass is 471 g/mol. The summed E-state index contributed by atoms with van der Waals surface area (Å²) >= 11 is 1.16. The Morgan fingerprint density at radius 3 is 2.69 bits per heavy atom. The molecule has 1 fully saturated rings. The van der Waals surface area contributed by atoms with Crippen molar-refractivity contribution >= 4 is 45.1 Å². The fourth-order valence-corrected chi connectivity index (χ4v) is 5.56. The van der Waals surface area contributed by atoms with Gasteiger partial charge in [-0.05, 0) is 55.5 Å². The smallest absolute Gasteiger partial charge is 0.250 e. The van der Waals surface area contributed by atoms with Gasteiger partial charge in [0, 0.05) is 17.3 Å². The van der Waals surface area contributed by atoms with Crippen molar-refractivity contribution in [3.63, 3.8) is 0 Å². The van der Waals surface area contributed by atoms with Gasteiger partial charge in [-0.15, -0.1) is 11.3 Å². The van der Waals surface area contributed by atoms with E-state index in [0.717, 1.165) is 34.6 Å². The number of hydrogen-bond donors (Lipinski definition) is 2. The number of rotatable bonds is 9. The molecule has 0 aliphatic heterocycles. The lowest BCUT2D eigenvalue weighted by Crippen LogP contribution is -2.27. The van der Waals surface area contributed by atoms with Gasteiger partial charge >= 0.3 is 0 Å². The average molecular weight is 472 g/mol. The van der Waals surface area contributed by atoms with E-state index in [2.05, 4.69) is 15.2 Å². The first-order chi connectivity index (χ1) is 15.3. The number of thiophene rings is 1. The Morgan fingerprint density at radius 1 is 1.22 bits per heavy atom. The van der Waals surface area contributed by atoms with Crippen LogP contribution in [0.4, 0.5) is 5.69 Å². The summed E-state index contributed by atoms with van der Waals surface area (Å²) in [5, 5.41) is 6.81. The fraction of sp³-hybridized carbons (Fsp3) is 0.304. The summed E-state index contributed by atoms with van der Waals surface area (Å²) in [4.78, 5) is 12.8. The van der Waals surface area contributed by atoms with Crippen molar-refractivity contribution in [3.8, 4) is 0 Å². The molecule has 1 aliphatic carbocycles. The maximum atomic E-state index is 12.7. The quantitative estimate of drug-likeness (QED) is 0.473. The van der Waals surface area contributed by atoms with E-state index in [1.54, 1.807) is 31.2 Å². The zero-order valence-electron chi connectivity index (χ0n) is 17.9. The molecule has 2 heterocycles. The third-order valence-corrected chi connectivity index (χ3v) is 8.27. The Morgan fingerprint density at radius 2 is 1.97 bits per heavy atom. The van der Waals surface area contributed by atoms with Crippen molar-refractivity contribution in [2.75, 3.05) is 11.9 Å². The molecular weight excluding hydrogens is 446 g/mol. The molecule has 2 N–H and O–H groups in total. The lowest BCUT2D eigenvalue weighted by atomic mass is 10.0.